The van der Waals surface area contributed by atoms with Crippen molar-refractivity contribution in [2.24, 2.45) is 5.73 Å². The number of carbonyl (C=O) groups is 1. The molecule has 0 atom stereocenters. The molecular formula is C25H26N8O3. The quantitative estimate of drug-likeness (QED) is 0.379. The van der Waals surface area contributed by atoms with Crippen LogP contribution in [0.4, 0.5) is 10.5 Å². The molecule has 1 aliphatic rings. The third-order valence-corrected chi connectivity index (χ3v) is 6.00. The average Bonchev–Trinajstić information content (AvgIpc) is 3.52. The molecule has 0 unspecified atom stereocenters. The van der Waals surface area contributed by atoms with Crippen molar-refractivity contribution >= 4 is 11.7 Å². The van der Waals surface area contributed by atoms with Gasteiger partial charge in [-0.25, -0.2) is 9.48 Å². The number of nitrogens with zero attached hydrogens (tertiary/aromatic N) is 6. The van der Waals surface area contributed by atoms with Crippen molar-refractivity contribution in [2.75, 3.05) is 11.9 Å². The molecule has 3 aromatic heterocycles. The number of carbonyl (C=O) groups excluding carboxylic acids is 1. The third-order valence-electron chi connectivity index (χ3n) is 6.00. The maximum Gasteiger partial charge on any atom is 0.322 e. The summed E-state index contributed by atoms with van der Waals surface area (Å²) in [5, 5.41) is 15.4. The number of urea groups is 1. The summed E-state index contributed by atoms with van der Waals surface area (Å²) >= 11 is 0. The summed E-state index contributed by atoms with van der Waals surface area (Å²) in [6.07, 6.45) is 5.03. The normalized spacial score (nSPS) is 12.6. The predicted octanol–water partition coefficient (Wildman–Crippen LogP) is 2.95. The molecule has 0 aliphatic carbocycles. The number of aryl methyl sites for hydroxylation is 2. The van der Waals surface area contributed by atoms with Gasteiger partial charge >= 0.3 is 6.03 Å². The molecule has 5 rings (SSSR count). The van der Waals surface area contributed by atoms with Crippen LogP contribution in [-0.2, 0) is 19.6 Å². The second-order valence-electron chi connectivity index (χ2n) is 8.60. The van der Waals surface area contributed by atoms with Crippen LogP contribution in [0.1, 0.15) is 29.9 Å². The molecule has 3 N–H and O–H groups in total. The Kier molecular flexibility index (Phi) is 6.54. The summed E-state index contributed by atoms with van der Waals surface area (Å²) < 4.78 is 6.93. The minimum Gasteiger partial charge on any atom is -0.421 e. The number of rotatable bonds is 7. The predicted molar refractivity (Wildman–Crippen MR) is 133 cm³/mol. The monoisotopic (exact) mass is 486 g/mol. The van der Waals surface area contributed by atoms with Crippen molar-refractivity contribution in [3.63, 3.8) is 0 Å². The molecule has 11 heteroatoms. The van der Waals surface area contributed by atoms with Gasteiger partial charge in [0.05, 0.1) is 5.69 Å². The number of aromatic nitrogens is 5. The minimum absolute atomic E-state index is 0.152. The zero-order valence-electron chi connectivity index (χ0n) is 19.8. The first-order valence-electron chi connectivity index (χ1n) is 11.7. The van der Waals surface area contributed by atoms with E-state index in [-0.39, 0.29) is 23.0 Å². The highest BCUT2D eigenvalue weighted by molar-refractivity contribution is 5.90. The summed E-state index contributed by atoms with van der Waals surface area (Å²) in [5.74, 6) is 0.523. The van der Waals surface area contributed by atoms with E-state index in [0.717, 1.165) is 29.5 Å². The number of nitrogens with one attached hydrogen (secondary N) is 1. The van der Waals surface area contributed by atoms with Gasteiger partial charge in [-0.1, -0.05) is 12.1 Å². The molecular weight excluding hydrogens is 460 g/mol. The van der Waals surface area contributed by atoms with Crippen LogP contribution >= 0.6 is 0 Å². The molecule has 0 spiro atoms. The maximum atomic E-state index is 13.0. The van der Waals surface area contributed by atoms with Gasteiger partial charge in [-0.2, -0.15) is 5.10 Å². The number of anilines is 1. The van der Waals surface area contributed by atoms with Gasteiger partial charge in [0.2, 0.25) is 5.89 Å². The fourth-order valence-electron chi connectivity index (χ4n) is 4.09. The smallest absolute Gasteiger partial charge is 0.322 e. The third kappa shape index (κ3) is 4.86. The second-order valence-corrected chi connectivity index (χ2v) is 8.60. The number of pyridine rings is 1. The van der Waals surface area contributed by atoms with Crippen molar-refractivity contribution in [1.29, 1.82) is 0 Å². The van der Waals surface area contributed by atoms with E-state index in [1.54, 1.807) is 42.4 Å². The Morgan fingerprint density at radius 3 is 2.64 bits per heavy atom. The topological polar surface area (TPSA) is 145 Å². The van der Waals surface area contributed by atoms with Crippen LogP contribution in [0, 0.1) is 6.92 Å². The molecule has 36 heavy (non-hydrogen) atoms. The lowest BCUT2D eigenvalue weighted by Gasteiger charge is -2.16. The van der Waals surface area contributed by atoms with Gasteiger partial charge in [0, 0.05) is 50.2 Å². The Morgan fingerprint density at radius 2 is 1.92 bits per heavy atom. The van der Waals surface area contributed by atoms with E-state index in [1.807, 2.05) is 18.2 Å². The number of fused-ring (bicyclic) bond motifs is 1. The van der Waals surface area contributed by atoms with Gasteiger partial charge in [-0.05, 0) is 54.8 Å². The van der Waals surface area contributed by atoms with Crippen molar-refractivity contribution in [3.8, 4) is 22.7 Å². The van der Waals surface area contributed by atoms with E-state index in [2.05, 4.69) is 25.6 Å². The Balaban J connectivity index is 1.37. The summed E-state index contributed by atoms with van der Waals surface area (Å²) in [6, 6.07) is 10.7. The lowest BCUT2D eigenvalue weighted by atomic mass is 10.1. The highest BCUT2D eigenvalue weighted by atomic mass is 16.4. The first-order chi connectivity index (χ1) is 17.5. The van der Waals surface area contributed by atoms with E-state index in [4.69, 9.17) is 10.2 Å². The zero-order valence-corrected chi connectivity index (χ0v) is 19.8. The standard InChI is InChI=1S/C25H26N8O3/c1-16-29-30-23(36-16)21-12-22(31-33(24(21)34)11-3-2-9-26)17-4-6-20(7-5-17)28-25(35)32-14-18-8-10-27-13-19(18)15-32/h4-8,10,12-13H,2-3,9,11,14-15,26H2,1H3,(H,28,35). The van der Waals surface area contributed by atoms with E-state index in [9.17, 15) is 9.59 Å². The Labute approximate surface area is 207 Å². The highest BCUT2D eigenvalue weighted by Gasteiger charge is 2.23. The lowest BCUT2D eigenvalue weighted by molar-refractivity contribution is 0.212. The molecule has 2 amide bonds. The summed E-state index contributed by atoms with van der Waals surface area (Å²) in [6.45, 7) is 3.71. The fourth-order valence-corrected chi connectivity index (χ4v) is 4.09. The van der Waals surface area contributed by atoms with Crippen LogP contribution in [0.25, 0.3) is 22.7 Å². The largest absolute Gasteiger partial charge is 0.421 e. The number of nitrogens with two attached hydrogens (primary N) is 1. The Hall–Kier alpha value is -4.38. The number of benzene rings is 1. The van der Waals surface area contributed by atoms with Gasteiger partial charge < -0.3 is 20.4 Å². The lowest BCUT2D eigenvalue weighted by Crippen LogP contribution is -2.30. The van der Waals surface area contributed by atoms with Crippen LogP contribution in [0.5, 0.6) is 0 Å². The minimum atomic E-state index is -0.301. The van der Waals surface area contributed by atoms with Crippen molar-refractivity contribution < 1.29 is 9.21 Å². The molecule has 1 aliphatic heterocycles. The number of amides is 2. The van der Waals surface area contributed by atoms with E-state index >= 15 is 0 Å². The first-order valence-corrected chi connectivity index (χ1v) is 11.7. The van der Waals surface area contributed by atoms with Crippen LogP contribution in [0.2, 0.25) is 0 Å². The molecule has 184 valence electrons. The van der Waals surface area contributed by atoms with E-state index in [1.165, 1.54) is 4.68 Å². The number of hydrogen-bond donors (Lipinski definition) is 2. The van der Waals surface area contributed by atoms with Gasteiger partial charge in [0.25, 0.3) is 11.4 Å². The second kappa shape index (κ2) is 10.1. The van der Waals surface area contributed by atoms with Gasteiger partial charge in [0.15, 0.2) is 0 Å². The molecule has 0 radical (unpaired) electrons. The zero-order chi connectivity index (χ0) is 25.1. The summed E-state index contributed by atoms with van der Waals surface area (Å²) in [4.78, 5) is 31.6. The molecule has 0 saturated carbocycles. The molecule has 0 fully saturated rings. The van der Waals surface area contributed by atoms with Crippen LogP contribution in [0.3, 0.4) is 0 Å². The molecule has 1 aromatic carbocycles. The van der Waals surface area contributed by atoms with Crippen molar-refractivity contribution in [3.05, 3.63) is 76.2 Å². The molecule has 0 saturated heterocycles. The van der Waals surface area contributed by atoms with Crippen LogP contribution < -0.4 is 16.6 Å². The molecule has 11 nitrogen and oxygen atoms in total. The average molecular weight is 487 g/mol. The van der Waals surface area contributed by atoms with Crippen LogP contribution in [-0.4, -0.2) is 42.4 Å². The van der Waals surface area contributed by atoms with Gasteiger partial charge in [-0.15, -0.1) is 10.2 Å². The fraction of sp³-hybridized carbons (Fsp3) is 0.280. The maximum absolute atomic E-state index is 13.0. The summed E-state index contributed by atoms with van der Waals surface area (Å²) in [7, 11) is 0. The Morgan fingerprint density at radius 1 is 1.11 bits per heavy atom. The summed E-state index contributed by atoms with van der Waals surface area (Å²) in [5.41, 5.74) is 9.77. The Bertz CT molecular complexity index is 1420. The molecule has 4 aromatic rings. The number of hydrogen-bond acceptors (Lipinski definition) is 8. The van der Waals surface area contributed by atoms with Gasteiger partial charge in [0.1, 0.15) is 5.56 Å². The molecule has 4 heterocycles. The first kappa shape index (κ1) is 23.4. The van der Waals surface area contributed by atoms with Crippen molar-refractivity contribution in [2.45, 2.75) is 39.4 Å². The molecule has 0 bridgehead atoms. The van der Waals surface area contributed by atoms with Gasteiger partial charge in [-0.3, -0.25) is 9.78 Å². The SMILES string of the molecule is Cc1nnc(-c2cc(-c3ccc(NC(=O)N4Cc5ccncc5C4)cc3)nn(CCCCN)c2=O)o1. The van der Waals surface area contributed by atoms with Crippen LogP contribution in [0.15, 0.2) is 58.0 Å². The van der Waals surface area contributed by atoms with E-state index in [0.29, 0.717) is 43.5 Å². The number of unbranched alkanes of at least 4 members (excludes halogenated alkanes) is 1. The van der Waals surface area contributed by atoms with E-state index < -0.39 is 0 Å². The van der Waals surface area contributed by atoms with Crippen molar-refractivity contribution in [1.82, 2.24) is 29.9 Å². The highest BCUT2D eigenvalue weighted by Crippen LogP contribution is 2.25.